The van der Waals surface area contributed by atoms with Gasteiger partial charge >= 0.3 is 0 Å². The van der Waals surface area contributed by atoms with E-state index in [1.54, 1.807) is 6.33 Å². The van der Waals surface area contributed by atoms with E-state index in [-0.39, 0.29) is 0 Å². The Morgan fingerprint density at radius 3 is 2.67 bits per heavy atom. The van der Waals surface area contributed by atoms with Crippen molar-refractivity contribution in [2.75, 3.05) is 6.54 Å². The summed E-state index contributed by atoms with van der Waals surface area (Å²) in [6, 6.07) is 6.44. The van der Waals surface area contributed by atoms with Crippen molar-refractivity contribution in [3.63, 3.8) is 0 Å². The number of aryl methyl sites for hydroxylation is 3. The van der Waals surface area contributed by atoms with Crippen LogP contribution in [0.15, 0.2) is 24.5 Å². The van der Waals surface area contributed by atoms with Crippen LogP contribution in [-0.2, 0) is 13.0 Å². The largest absolute Gasteiger partial charge is 0.313 e. The van der Waals surface area contributed by atoms with E-state index in [2.05, 4.69) is 52.5 Å². The minimum absolute atomic E-state index is 0.939. The number of aromatic nitrogens is 3. The van der Waals surface area contributed by atoms with Gasteiger partial charge in [0.25, 0.3) is 0 Å². The summed E-state index contributed by atoms with van der Waals surface area (Å²) in [5.74, 6) is 0.962. The number of hydrogen-bond acceptors (Lipinski definition) is 3. The topological polar surface area (TPSA) is 53.6 Å². The van der Waals surface area contributed by atoms with Gasteiger partial charge in [0, 0.05) is 13.0 Å². The van der Waals surface area contributed by atoms with Gasteiger partial charge in [0.05, 0.1) is 0 Å². The molecule has 0 fully saturated rings. The van der Waals surface area contributed by atoms with Crippen LogP contribution in [0.1, 0.15) is 28.9 Å². The molecule has 0 bridgehead atoms. The molecule has 96 valence electrons. The molecule has 4 heteroatoms. The van der Waals surface area contributed by atoms with E-state index in [1.165, 1.54) is 16.7 Å². The molecule has 0 amide bonds. The molecule has 1 aromatic carbocycles. The fraction of sp³-hybridized carbons (Fsp3) is 0.429. The monoisotopic (exact) mass is 244 g/mol. The molecule has 0 radical (unpaired) electrons. The highest BCUT2D eigenvalue weighted by molar-refractivity contribution is 5.33. The van der Waals surface area contributed by atoms with Gasteiger partial charge in [0.2, 0.25) is 0 Å². The molecule has 4 nitrogen and oxygen atoms in total. The Labute approximate surface area is 108 Å². The lowest BCUT2D eigenvalue weighted by Gasteiger charge is -2.10. The first-order chi connectivity index (χ1) is 8.77. The fourth-order valence-electron chi connectivity index (χ4n) is 2.07. The first-order valence-electron chi connectivity index (χ1n) is 6.37. The van der Waals surface area contributed by atoms with Gasteiger partial charge in [0.15, 0.2) is 0 Å². The second kappa shape index (κ2) is 6.31. The number of hydrogen-bond donors (Lipinski definition) is 2. The minimum atomic E-state index is 0.939. The van der Waals surface area contributed by atoms with Crippen molar-refractivity contribution in [3.8, 4) is 0 Å². The normalized spacial score (nSPS) is 10.8. The van der Waals surface area contributed by atoms with Crippen LogP contribution in [0.25, 0.3) is 0 Å². The summed E-state index contributed by atoms with van der Waals surface area (Å²) in [5, 5.41) is 10.2. The zero-order valence-corrected chi connectivity index (χ0v) is 11.0. The highest BCUT2D eigenvalue weighted by atomic mass is 15.2. The Kier molecular flexibility index (Phi) is 4.47. The molecule has 1 heterocycles. The average Bonchev–Trinajstić information content (AvgIpc) is 2.85. The van der Waals surface area contributed by atoms with E-state index in [4.69, 9.17) is 0 Å². The molecule has 0 aliphatic carbocycles. The van der Waals surface area contributed by atoms with Crippen molar-refractivity contribution in [2.45, 2.75) is 33.2 Å². The van der Waals surface area contributed by atoms with E-state index in [0.717, 1.165) is 31.8 Å². The average molecular weight is 244 g/mol. The van der Waals surface area contributed by atoms with E-state index in [0.29, 0.717) is 0 Å². The maximum atomic E-state index is 4.11. The molecule has 0 saturated carbocycles. The Bertz CT molecular complexity index is 456. The lowest BCUT2D eigenvalue weighted by atomic mass is 10.0. The van der Waals surface area contributed by atoms with Gasteiger partial charge in [-0.05, 0) is 43.5 Å². The van der Waals surface area contributed by atoms with Crippen LogP contribution in [-0.4, -0.2) is 21.7 Å². The van der Waals surface area contributed by atoms with Gasteiger partial charge in [-0.1, -0.05) is 18.2 Å². The van der Waals surface area contributed by atoms with Crippen LogP contribution < -0.4 is 5.32 Å². The van der Waals surface area contributed by atoms with Crippen molar-refractivity contribution < 1.29 is 0 Å². The minimum Gasteiger partial charge on any atom is -0.313 e. The van der Waals surface area contributed by atoms with Crippen molar-refractivity contribution >= 4 is 0 Å². The summed E-state index contributed by atoms with van der Waals surface area (Å²) in [5.41, 5.74) is 4.13. The SMILES string of the molecule is Cc1cccc(C)c1CNCCCc1ncn[nH]1. The molecule has 0 atom stereocenters. The molecular weight excluding hydrogens is 224 g/mol. The molecule has 1 aromatic heterocycles. The van der Waals surface area contributed by atoms with Crippen LogP contribution in [0, 0.1) is 13.8 Å². The number of aromatic amines is 1. The van der Waals surface area contributed by atoms with Gasteiger partial charge in [-0.15, -0.1) is 0 Å². The number of H-pyrrole nitrogens is 1. The predicted molar refractivity (Wildman–Crippen MR) is 72.3 cm³/mol. The Hall–Kier alpha value is -1.68. The fourth-order valence-corrected chi connectivity index (χ4v) is 2.07. The van der Waals surface area contributed by atoms with Gasteiger partial charge < -0.3 is 5.32 Å². The molecule has 0 unspecified atom stereocenters. The first-order valence-corrected chi connectivity index (χ1v) is 6.37. The maximum Gasteiger partial charge on any atom is 0.137 e. The van der Waals surface area contributed by atoms with Crippen LogP contribution in [0.3, 0.4) is 0 Å². The molecule has 0 spiro atoms. The highest BCUT2D eigenvalue weighted by Gasteiger charge is 2.01. The van der Waals surface area contributed by atoms with Gasteiger partial charge in [0.1, 0.15) is 12.2 Å². The molecule has 2 aromatic rings. The van der Waals surface area contributed by atoms with E-state index >= 15 is 0 Å². The third-order valence-corrected chi connectivity index (χ3v) is 3.18. The molecule has 18 heavy (non-hydrogen) atoms. The van der Waals surface area contributed by atoms with Crippen LogP contribution in [0.5, 0.6) is 0 Å². The summed E-state index contributed by atoms with van der Waals surface area (Å²) in [7, 11) is 0. The maximum absolute atomic E-state index is 4.11. The standard InChI is InChI=1S/C14H20N4/c1-11-5-3-6-12(2)13(11)9-15-8-4-7-14-16-10-17-18-14/h3,5-6,10,15H,4,7-9H2,1-2H3,(H,16,17,18). The van der Waals surface area contributed by atoms with Crippen molar-refractivity contribution in [1.82, 2.24) is 20.5 Å². The zero-order valence-electron chi connectivity index (χ0n) is 11.0. The quantitative estimate of drug-likeness (QED) is 0.765. The van der Waals surface area contributed by atoms with Crippen molar-refractivity contribution in [2.24, 2.45) is 0 Å². The molecule has 2 rings (SSSR count). The van der Waals surface area contributed by atoms with Crippen LogP contribution in [0.2, 0.25) is 0 Å². The molecule has 2 N–H and O–H groups in total. The zero-order chi connectivity index (χ0) is 12.8. The number of nitrogens with zero attached hydrogens (tertiary/aromatic N) is 2. The second-order valence-corrected chi connectivity index (χ2v) is 4.58. The predicted octanol–water partition coefficient (Wildman–Crippen LogP) is 2.14. The lowest BCUT2D eigenvalue weighted by Crippen LogP contribution is -2.17. The van der Waals surface area contributed by atoms with Crippen molar-refractivity contribution in [3.05, 3.63) is 47.0 Å². The Balaban J connectivity index is 1.72. The Morgan fingerprint density at radius 2 is 2.00 bits per heavy atom. The summed E-state index contributed by atoms with van der Waals surface area (Å²) in [4.78, 5) is 4.11. The van der Waals surface area contributed by atoms with Gasteiger partial charge in [-0.2, -0.15) is 5.10 Å². The highest BCUT2D eigenvalue weighted by Crippen LogP contribution is 2.12. The van der Waals surface area contributed by atoms with E-state index in [1.807, 2.05) is 0 Å². The first kappa shape index (κ1) is 12.8. The second-order valence-electron chi connectivity index (χ2n) is 4.58. The van der Waals surface area contributed by atoms with Gasteiger partial charge in [-0.25, -0.2) is 4.98 Å². The van der Waals surface area contributed by atoms with Crippen molar-refractivity contribution in [1.29, 1.82) is 0 Å². The van der Waals surface area contributed by atoms with E-state index < -0.39 is 0 Å². The molecular formula is C14H20N4. The van der Waals surface area contributed by atoms with E-state index in [9.17, 15) is 0 Å². The summed E-state index contributed by atoms with van der Waals surface area (Å²) < 4.78 is 0. The van der Waals surface area contributed by atoms with Gasteiger partial charge in [-0.3, -0.25) is 5.10 Å². The molecule has 0 aliphatic rings. The lowest BCUT2D eigenvalue weighted by molar-refractivity contribution is 0.636. The molecule has 0 aliphatic heterocycles. The summed E-state index contributed by atoms with van der Waals surface area (Å²) >= 11 is 0. The smallest absolute Gasteiger partial charge is 0.137 e. The Morgan fingerprint density at radius 1 is 1.22 bits per heavy atom. The third-order valence-electron chi connectivity index (χ3n) is 3.18. The third kappa shape index (κ3) is 3.40. The summed E-state index contributed by atoms with van der Waals surface area (Å²) in [6.45, 7) is 6.26. The summed E-state index contributed by atoms with van der Waals surface area (Å²) in [6.07, 6.45) is 3.57. The number of benzene rings is 1. The number of rotatable bonds is 6. The number of nitrogens with one attached hydrogen (secondary N) is 2. The molecule has 0 saturated heterocycles. The van der Waals surface area contributed by atoms with Crippen LogP contribution in [0.4, 0.5) is 0 Å². The van der Waals surface area contributed by atoms with Crippen LogP contribution >= 0.6 is 0 Å².